The van der Waals surface area contributed by atoms with Crippen LogP contribution in [0.4, 0.5) is 0 Å². The first-order valence-electron chi connectivity index (χ1n) is 7.79. The monoisotopic (exact) mass is 333 g/mol. The van der Waals surface area contributed by atoms with Crippen LogP contribution in [0.3, 0.4) is 0 Å². The Balaban J connectivity index is 2.33. The number of aromatic carboxylic acids is 1. The summed E-state index contributed by atoms with van der Waals surface area (Å²) in [6.45, 7) is 8.18. The average Bonchev–Trinajstić information content (AvgIpc) is 2.72. The van der Waals surface area contributed by atoms with E-state index >= 15 is 0 Å². The zero-order valence-electron chi connectivity index (χ0n) is 14.8. The molecule has 1 aliphatic rings. The molecule has 1 aromatic carbocycles. The fraction of sp³-hybridized carbons (Fsp3) is 0.471. The number of nitrogens with two attached hydrogens (primary N) is 1. The molecule has 0 aliphatic carbocycles. The van der Waals surface area contributed by atoms with Crippen LogP contribution in [0.1, 0.15) is 43.6 Å². The Hall–Kier alpha value is -1.83. The lowest BCUT2D eigenvalue weighted by atomic mass is 9.77. The first-order valence-corrected chi connectivity index (χ1v) is 7.79. The Morgan fingerprint density at radius 3 is 2.33 bits per heavy atom. The molecule has 0 unspecified atom stereocenters. The van der Waals surface area contributed by atoms with Gasteiger partial charge in [0.1, 0.15) is 11.3 Å². The molecular weight excluding hydrogens is 309 g/mol. The number of carbonyl (C=O) groups is 1. The lowest BCUT2D eigenvalue weighted by Crippen LogP contribution is -2.41. The van der Waals surface area contributed by atoms with E-state index in [9.17, 15) is 4.79 Å². The van der Waals surface area contributed by atoms with Crippen molar-refractivity contribution in [1.29, 1.82) is 0 Å². The van der Waals surface area contributed by atoms with Crippen molar-refractivity contribution in [3.05, 3.63) is 34.8 Å². The summed E-state index contributed by atoms with van der Waals surface area (Å²) in [5.41, 5.74) is 6.64. The number of rotatable bonds is 5. The summed E-state index contributed by atoms with van der Waals surface area (Å²) in [4.78, 5) is 11.2. The van der Waals surface area contributed by atoms with Crippen molar-refractivity contribution in [2.75, 3.05) is 13.7 Å². The summed E-state index contributed by atoms with van der Waals surface area (Å²) in [6, 6.07) is 4.86. The predicted molar refractivity (Wildman–Crippen MR) is 93.1 cm³/mol. The molecule has 0 radical (unpaired) electrons. The van der Waals surface area contributed by atoms with Gasteiger partial charge in [-0.2, -0.15) is 0 Å². The Morgan fingerprint density at radius 1 is 1.29 bits per heavy atom. The van der Waals surface area contributed by atoms with Gasteiger partial charge in [0.05, 0.1) is 18.3 Å². The predicted octanol–water partition coefficient (Wildman–Crippen LogP) is 2.37. The van der Waals surface area contributed by atoms with E-state index in [2.05, 4.69) is 0 Å². The third kappa shape index (κ3) is 3.48. The van der Waals surface area contributed by atoms with Crippen molar-refractivity contribution >= 4 is 19.2 Å². The second-order valence-corrected chi connectivity index (χ2v) is 6.78. The van der Waals surface area contributed by atoms with E-state index in [-0.39, 0.29) is 12.1 Å². The van der Waals surface area contributed by atoms with E-state index in [1.54, 1.807) is 12.1 Å². The smallest absolute Gasteiger partial charge is 0.491 e. The maximum atomic E-state index is 11.2. The molecule has 2 rings (SSSR count). The van der Waals surface area contributed by atoms with E-state index in [0.29, 0.717) is 5.75 Å². The summed E-state index contributed by atoms with van der Waals surface area (Å²) in [5, 5.41) is 9.15. The van der Waals surface area contributed by atoms with Gasteiger partial charge >= 0.3 is 13.1 Å². The van der Waals surface area contributed by atoms with Gasteiger partial charge in [0.2, 0.25) is 0 Å². The van der Waals surface area contributed by atoms with E-state index in [1.807, 2.05) is 33.8 Å². The van der Waals surface area contributed by atoms with Crippen molar-refractivity contribution in [3.8, 4) is 5.75 Å². The number of ether oxygens (including phenoxy) is 1. The molecule has 130 valence electrons. The number of benzene rings is 1. The lowest BCUT2D eigenvalue weighted by Gasteiger charge is -2.32. The van der Waals surface area contributed by atoms with E-state index in [0.717, 1.165) is 11.0 Å². The fourth-order valence-corrected chi connectivity index (χ4v) is 2.41. The normalized spacial score (nSPS) is 19.4. The molecule has 0 saturated carbocycles. The standard InChI is InChI=1S/C17H24BNO5/c1-16(2)17(3,4)24-18(23-16)12(10-19)8-11-6-7-13(15(20)21)14(9-11)22-5/h6-9H,10,19H2,1-5H3,(H,20,21). The van der Waals surface area contributed by atoms with Crippen LogP contribution in [0.15, 0.2) is 23.7 Å². The van der Waals surface area contributed by atoms with Crippen molar-refractivity contribution in [2.45, 2.75) is 38.9 Å². The highest BCUT2D eigenvalue weighted by molar-refractivity contribution is 6.55. The van der Waals surface area contributed by atoms with Gasteiger partial charge in [0.25, 0.3) is 0 Å². The minimum absolute atomic E-state index is 0.111. The van der Waals surface area contributed by atoms with Gasteiger partial charge in [0.15, 0.2) is 0 Å². The summed E-state index contributed by atoms with van der Waals surface area (Å²) in [7, 11) is 0.901. The maximum absolute atomic E-state index is 11.2. The summed E-state index contributed by atoms with van der Waals surface area (Å²) >= 11 is 0. The third-order valence-electron chi connectivity index (χ3n) is 4.60. The maximum Gasteiger partial charge on any atom is 0.491 e. The number of hydrogen-bond acceptors (Lipinski definition) is 5. The van der Waals surface area contributed by atoms with Gasteiger partial charge in [-0.3, -0.25) is 0 Å². The SMILES string of the molecule is COc1cc(C=C(CN)B2OC(C)(C)C(C)(C)O2)ccc1C(=O)O. The fourth-order valence-electron chi connectivity index (χ4n) is 2.41. The molecule has 0 bridgehead atoms. The van der Waals surface area contributed by atoms with Crippen LogP contribution in [0.25, 0.3) is 6.08 Å². The highest BCUT2D eigenvalue weighted by Gasteiger charge is 2.52. The van der Waals surface area contributed by atoms with Crippen LogP contribution in [0.5, 0.6) is 5.75 Å². The zero-order valence-corrected chi connectivity index (χ0v) is 14.8. The topological polar surface area (TPSA) is 91.0 Å². The minimum atomic E-state index is -1.03. The zero-order chi connectivity index (χ0) is 18.1. The first-order chi connectivity index (χ1) is 11.1. The van der Waals surface area contributed by atoms with Crippen LogP contribution in [0.2, 0.25) is 0 Å². The molecule has 7 heteroatoms. The van der Waals surface area contributed by atoms with E-state index in [4.69, 9.17) is 24.9 Å². The molecule has 1 saturated heterocycles. The lowest BCUT2D eigenvalue weighted by molar-refractivity contribution is 0.00578. The van der Waals surface area contributed by atoms with Crippen molar-refractivity contribution in [1.82, 2.24) is 0 Å². The van der Waals surface area contributed by atoms with Gasteiger partial charge in [-0.1, -0.05) is 12.1 Å². The highest BCUT2D eigenvalue weighted by Crippen LogP contribution is 2.38. The van der Waals surface area contributed by atoms with Crippen molar-refractivity contribution < 1.29 is 23.9 Å². The molecule has 1 heterocycles. The van der Waals surface area contributed by atoms with Crippen LogP contribution in [0, 0.1) is 0 Å². The molecule has 1 aliphatic heterocycles. The molecule has 0 atom stereocenters. The van der Waals surface area contributed by atoms with Gasteiger partial charge < -0.3 is 24.9 Å². The largest absolute Gasteiger partial charge is 0.496 e. The van der Waals surface area contributed by atoms with Crippen LogP contribution < -0.4 is 10.5 Å². The van der Waals surface area contributed by atoms with Crippen LogP contribution >= 0.6 is 0 Å². The van der Waals surface area contributed by atoms with E-state index < -0.39 is 24.3 Å². The van der Waals surface area contributed by atoms with Gasteiger partial charge in [-0.15, -0.1) is 0 Å². The Labute approximate surface area is 142 Å². The average molecular weight is 333 g/mol. The number of methoxy groups -OCH3 is 1. The Bertz CT molecular complexity index is 653. The quantitative estimate of drug-likeness (QED) is 0.804. The Kier molecular flexibility index (Phi) is 5.08. The minimum Gasteiger partial charge on any atom is -0.496 e. The third-order valence-corrected chi connectivity index (χ3v) is 4.60. The molecule has 1 fully saturated rings. The van der Waals surface area contributed by atoms with Crippen LogP contribution in [-0.2, 0) is 9.31 Å². The van der Waals surface area contributed by atoms with Crippen LogP contribution in [-0.4, -0.2) is 43.1 Å². The molecule has 1 aromatic rings. The summed E-state index contributed by atoms with van der Waals surface area (Å²) in [6.07, 6.45) is 1.84. The van der Waals surface area contributed by atoms with Crippen molar-refractivity contribution in [2.24, 2.45) is 5.73 Å². The van der Waals surface area contributed by atoms with Gasteiger partial charge in [-0.05, 0) is 50.9 Å². The second-order valence-electron chi connectivity index (χ2n) is 6.78. The number of hydrogen-bond donors (Lipinski definition) is 2. The highest BCUT2D eigenvalue weighted by atomic mass is 16.7. The molecule has 0 spiro atoms. The summed E-state index contributed by atoms with van der Waals surface area (Å²) in [5.74, 6) is -0.742. The van der Waals surface area contributed by atoms with Crippen molar-refractivity contribution in [3.63, 3.8) is 0 Å². The molecule has 0 amide bonds. The number of carboxylic acid groups (broad SMARTS) is 1. The van der Waals surface area contributed by atoms with Gasteiger partial charge in [0, 0.05) is 6.54 Å². The molecule has 3 N–H and O–H groups in total. The number of carboxylic acids is 1. The van der Waals surface area contributed by atoms with E-state index in [1.165, 1.54) is 13.2 Å². The Morgan fingerprint density at radius 2 is 1.88 bits per heavy atom. The molecule has 24 heavy (non-hydrogen) atoms. The molecular formula is C17H24BNO5. The summed E-state index contributed by atoms with van der Waals surface area (Å²) < 4.78 is 17.2. The van der Waals surface area contributed by atoms with Gasteiger partial charge in [-0.25, -0.2) is 4.79 Å². The first kappa shape index (κ1) is 18.5. The molecule has 6 nitrogen and oxygen atoms in total. The molecule has 0 aromatic heterocycles. The second kappa shape index (κ2) is 6.59.